The van der Waals surface area contributed by atoms with Crippen LogP contribution in [0.2, 0.25) is 0 Å². The van der Waals surface area contributed by atoms with E-state index in [4.69, 9.17) is 4.98 Å². The normalized spacial score (nSPS) is 16.9. The molecular weight excluding hydrogens is 458 g/mol. The molecule has 0 saturated carbocycles. The first-order chi connectivity index (χ1) is 17.4. The Hall–Kier alpha value is -3.49. The van der Waals surface area contributed by atoms with Crippen LogP contribution in [-0.4, -0.2) is 71.3 Å². The number of aromatic nitrogens is 2. The number of nitrogens with zero attached hydrogens (tertiary/aromatic N) is 5. The second-order valence-corrected chi connectivity index (χ2v) is 9.25. The summed E-state index contributed by atoms with van der Waals surface area (Å²) >= 11 is 0. The molecule has 1 saturated heterocycles. The molecule has 0 bridgehead atoms. The number of anilines is 1. The molecule has 6 nitrogen and oxygen atoms in total. The number of rotatable bonds is 7. The van der Waals surface area contributed by atoms with Gasteiger partial charge in [-0.25, -0.2) is 18.8 Å². The van der Waals surface area contributed by atoms with Crippen molar-refractivity contribution in [3.05, 3.63) is 83.3 Å². The number of hydrogen-bond acceptors (Lipinski definition) is 6. The molecule has 0 spiro atoms. The van der Waals surface area contributed by atoms with E-state index in [1.807, 2.05) is 24.4 Å². The van der Waals surface area contributed by atoms with Crippen molar-refractivity contribution in [1.82, 2.24) is 19.8 Å². The number of pyridine rings is 2. The summed E-state index contributed by atoms with van der Waals surface area (Å²) in [6, 6.07) is 8.08. The van der Waals surface area contributed by atoms with Crippen LogP contribution >= 0.6 is 0 Å². The molecule has 36 heavy (non-hydrogen) atoms. The van der Waals surface area contributed by atoms with Crippen LogP contribution in [-0.2, 0) is 0 Å². The number of piperazine rings is 1. The Kier molecular flexibility index (Phi) is 6.89. The van der Waals surface area contributed by atoms with Gasteiger partial charge in [-0.3, -0.25) is 9.88 Å². The summed E-state index contributed by atoms with van der Waals surface area (Å²) in [6.07, 6.45) is 3.59. The molecule has 2 aliphatic heterocycles. The molecular formula is C28H30F2N6. The van der Waals surface area contributed by atoms with E-state index in [0.717, 1.165) is 68.6 Å². The van der Waals surface area contributed by atoms with E-state index in [-0.39, 0.29) is 5.56 Å². The highest BCUT2D eigenvalue weighted by Gasteiger charge is 2.23. The number of benzene rings is 1. The Balaban J connectivity index is 1.34. The zero-order valence-corrected chi connectivity index (χ0v) is 20.7. The van der Waals surface area contributed by atoms with Crippen molar-refractivity contribution in [1.29, 1.82) is 0 Å². The van der Waals surface area contributed by atoms with Gasteiger partial charge in [0, 0.05) is 56.5 Å². The molecule has 1 aromatic carbocycles. The van der Waals surface area contributed by atoms with Crippen molar-refractivity contribution in [2.45, 2.75) is 13.8 Å². The summed E-state index contributed by atoms with van der Waals surface area (Å²) in [4.78, 5) is 18.7. The minimum atomic E-state index is -0.664. The predicted molar refractivity (Wildman–Crippen MR) is 141 cm³/mol. The third-order valence-corrected chi connectivity index (χ3v) is 6.81. The third-order valence-electron chi connectivity index (χ3n) is 6.81. The van der Waals surface area contributed by atoms with Crippen molar-refractivity contribution in [2.24, 2.45) is 4.99 Å². The fraction of sp³-hybridized carbons (Fsp3) is 0.321. The second kappa shape index (κ2) is 10.2. The van der Waals surface area contributed by atoms with Crippen molar-refractivity contribution in [3.63, 3.8) is 0 Å². The molecule has 0 amide bonds. The fourth-order valence-electron chi connectivity index (χ4n) is 4.65. The molecule has 2 aliphatic rings. The number of aryl methyl sites for hydroxylation is 1. The summed E-state index contributed by atoms with van der Waals surface area (Å²) in [6.45, 7) is 15.1. The first-order valence-corrected chi connectivity index (χ1v) is 12.3. The quantitative estimate of drug-likeness (QED) is 0.524. The largest absolute Gasteiger partial charge is 0.382 e. The first-order valence-electron chi connectivity index (χ1n) is 12.3. The first kappa shape index (κ1) is 24.2. The van der Waals surface area contributed by atoms with E-state index in [2.05, 4.69) is 38.6 Å². The van der Waals surface area contributed by atoms with Crippen LogP contribution in [0.5, 0.6) is 0 Å². The molecule has 2 aromatic heterocycles. The molecule has 0 unspecified atom stereocenters. The molecule has 4 heterocycles. The number of likely N-dealkylation sites (N-methyl/N-ethyl adjacent to an activating group) is 1. The van der Waals surface area contributed by atoms with Crippen LogP contribution in [0.3, 0.4) is 0 Å². The summed E-state index contributed by atoms with van der Waals surface area (Å²) in [5, 5.41) is 3.46. The van der Waals surface area contributed by atoms with Crippen LogP contribution in [0, 0.1) is 18.6 Å². The van der Waals surface area contributed by atoms with Crippen molar-refractivity contribution in [2.75, 3.05) is 51.1 Å². The van der Waals surface area contributed by atoms with Gasteiger partial charge in [0.15, 0.2) is 0 Å². The number of hydrogen-bond donors (Lipinski definition) is 1. The predicted octanol–water partition coefficient (Wildman–Crippen LogP) is 4.67. The van der Waals surface area contributed by atoms with E-state index in [0.29, 0.717) is 28.2 Å². The van der Waals surface area contributed by atoms with Crippen molar-refractivity contribution >= 4 is 28.0 Å². The summed E-state index contributed by atoms with van der Waals surface area (Å²) < 4.78 is 28.5. The van der Waals surface area contributed by atoms with Crippen LogP contribution in [0.4, 0.5) is 14.5 Å². The Morgan fingerprint density at radius 1 is 1.00 bits per heavy atom. The van der Waals surface area contributed by atoms with E-state index in [1.165, 1.54) is 6.07 Å². The molecule has 186 valence electrons. The van der Waals surface area contributed by atoms with Gasteiger partial charge in [-0.05, 0) is 49.4 Å². The zero-order valence-electron chi connectivity index (χ0n) is 20.7. The highest BCUT2D eigenvalue weighted by atomic mass is 19.1. The summed E-state index contributed by atoms with van der Waals surface area (Å²) in [5.74, 6) is -1.25. The highest BCUT2D eigenvalue weighted by molar-refractivity contribution is 6.34. The fourth-order valence-corrected chi connectivity index (χ4v) is 4.65. The van der Waals surface area contributed by atoms with Gasteiger partial charge in [-0.1, -0.05) is 13.5 Å². The van der Waals surface area contributed by atoms with Crippen molar-refractivity contribution < 1.29 is 8.78 Å². The maximum absolute atomic E-state index is 14.7. The van der Waals surface area contributed by atoms with E-state index in [9.17, 15) is 8.78 Å². The lowest BCUT2D eigenvalue weighted by Gasteiger charge is -2.34. The molecule has 1 fully saturated rings. The standard InChI is InChI=1S/C28H30F2N6/c1-4-35-9-11-36(12-10-35)8-7-31-20-15-27-26(32-17-20)6-5-25(34-27)22-14-19(3)33-28(22)21-13-18(2)23(29)16-24(21)30/h5-6,13-17,31H,3-4,7-12H2,1-2H3. The average Bonchev–Trinajstić information content (AvgIpc) is 3.27. The SMILES string of the molecule is C=C1C=C(c2ccc3ncc(NCCN4CCN(CC)CC4)cc3n2)C(c2cc(C)c(F)cc2F)=N1. The summed E-state index contributed by atoms with van der Waals surface area (Å²) in [7, 11) is 0. The molecule has 0 atom stereocenters. The van der Waals surface area contributed by atoms with E-state index in [1.54, 1.807) is 13.0 Å². The number of halogens is 2. The minimum Gasteiger partial charge on any atom is -0.382 e. The van der Waals surface area contributed by atoms with E-state index < -0.39 is 11.6 Å². The maximum atomic E-state index is 14.7. The average molecular weight is 489 g/mol. The van der Waals surface area contributed by atoms with E-state index >= 15 is 0 Å². The van der Waals surface area contributed by atoms with Gasteiger partial charge in [0.1, 0.15) is 11.6 Å². The molecule has 1 N–H and O–H groups in total. The van der Waals surface area contributed by atoms with Crippen LogP contribution < -0.4 is 5.32 Å². The maximum Gasteiger partial charge on any atom is 0.135 e. The zero-order chi connectivity index (χ0) is 25.2. The van der Waals surface area contributed by atoms with Crippen molar-refractivity contribution in [3.8, 4) is 0 Å². The molecule has 3 aromatic rings. The summed E-state index contributed by atoms with van der Waals surface area (Å²) in [5.41, 5.74) is 5.15. The monoisotopic (exact) mass is 488 g/mol. The molecule has 5 rings (SSSR count). The molecule has 0 radical (unpaired) electrons. The topological polar surface area (TPSA) is 56.7 Å². The van der Waals surface area contributed by atoms with Gasteiger partial charge in [-0.15, -0.1) is 0 Å². The van der Waals surface area contributed by atoms with Gasteiger partial charge < -0.3 is 10.2 Å². The number of allylic oxidation sites excluding steroid dienone is 2. The van der Waals surface area contributed by atoms with Crippen LogP contribution in [0.1, 0.15) is 23.7 Å². The smallest absolute Gasteiger partial charge is 0.135 e. The minimum absolute atomic E-state index is 0.231. The Bertz CT molecular complexity index is 1370. The van der Waals surface area contributed by atoms with Crippen LogP contribution in [0.25, 0.3) is 16.6 Å². The Morgan fingerprint density at radius 3 is 2.56 bits per heavy atom. The lowest BCUT2D eigenvalue weighted by atomic mass is 9.98. The Morgan fingerprint density at radius 2 is 1.78 bits per heavy atom. The van der Waals surface area contributed by atoms with Gasteiger partial charge >= 0.3 is 0 Å². The molecule has 0 aliphatic carbocycles. The number of aliphatic imine (C=N–C) groups is 1. The highest BCUT2D eigenvalue weighted by Crippen LogP contribution is 2.30. The number of nitrogens with one attached hydrogen (secondary N) is 1. The number of fused-ring (bicyclic) bond motifs is 1. The third kappa shape index (κ3) is 5.05. The van der Waals surface area contributed by atoms with Crippen LogP contribution in [0.15, 0.2) is 59.9 Å². The van der Waals surface area contributed by atoms with Gasteiger partial charge in [0.05, 0.1) is 40.0 Å². The van der Waals surface area contributed by atoms with Gasteiger partial charge in [0.25, 0.3) is 0 Å². The van der Waals surface area contributed by atoms with Gasteiger partial charge in [0.2, 0.25) is 0 Å². The Labute approximate surface area is 210 Å². The lowest BCUT2D eigenvalue weighted by molar-refractivity contribution is 0.141. The second-order valence-electron chi connectivity index (χ2n) is 9.25. The van der Waals surface area contributed by atoms with Gasteiger partial charge in [-0.2, -0.15) is 0 Å². The molecule has 8 heteroatoms. The lowest BCUT2D eigenvalue weighted by Crippen LogP contribution is -2.47.